The van der Waals surface area contributed by atoms with Crippen molar-refractivity contribution in [2.75, 3.05) is 13.2 Å². The average molecular weight is 200 g/mol. The lowest BCUT2D eigenvalue weighted by molar-refractivity contribution is -0.123. The molecular weight excluding hydrogens is 180 g/mol. The largest absolute Gasteiger partial charge is 0.381 e. The van der Waals surface area contributed by atoms with Crippen LogP contribution in [0.2, 0.25) is 0 Å². The molecule has 1 rings (SSSR count). The van der Waals surface area contributed by atoms with Crippen molar-refractivity contribution in [1.82, 2.24) is 5.32 Å². The Labute approximate surface area is 85.2 Å². The fourth-order valence-electron chi connectivity index (χ4n) is 1.54. The molecule has 14 heavy (non-hydrogen) atoms. The number of carbonyl (C=O) groups excluding carboxylic acids is 1. The molecule has 0 bridgehead atoms. The Bertz CT molecular complexity index is 177. The van der Waals surface area contributed by atoms with Gasteiger partial charge in [0.25, 0.3) is 0 Å². The normalized spacial score (nSPS) is 25.1. The van der Waals surface area contributed by atoms with E-state index in [9.17, 15) is 4.79 Å². The van der Waals surface area contributed by atoms with Crippen LogP contribution in [0.15, 0.2) is 0 Å². The fourth-order valence-corrected chi connectivity index (χ4v) is 1.54. The first-order valence-electron chi connectivity index (χ1n) is 5.37. The zero-order valence-corrected chi connectivity index (χ0v) is 8.79. The molecule has 3 N–H and O–H groups in total. The van der Waals surface area contributed by atoms with Gasteiger partial charge >= 0.3 is 0 Å². The molecule has 0 saturated carbocycles. The van der Waals surface area contributed by atoms with Crippen molar-refractivity contribution in [2.45, 2.75) is 44.7 Å². The maximum Gasteiger partial charge on any atom is 0.237 e. The van der Waals surface area contributed by atoms with Gasteiger partial charge < -0.3 is 15.8 Å². The van der Waals surface area contributed by atoms with Crippen molar-refractivity contribution in [1.29, 1.82) is 0 Å². The Morgan fingerprint density at radius 1 is 1.57 bits per heavy atom. The summed E-state index contributed by atoms with van der Waals surface area (Å²) in [5, 5.41) is 2.97. The molecule has 1 aliphatic rings. The lowest BCUT2D eigenvalue weighted by Crippen LogP contribution is -2.45. The summed E-state index contributed by atoms with van der Waals surface area (Å²) >= 11 is 0. The van der Waals surface area contributed by atoms with E-state index in [0.717, 1.165) is 32.5 Å². The highest BCUT2D eigenvalue weighted by atomic mass is 16.5. The summed E-state index contributed by atoms with van der Waals surface area (Å²) < 4.78 is 5.31. The molecular formula is C10H20N2O2. The summed E-state index contributed by atoms with van der Waals surface area (Å²) in [7, 11) is 0. The molecule has 1 fully saturated rings. The number of hydrogen-bond donors (Lipinski definition) is 2. The van der Waals surface area contributed by atoms with Gasteiger partial charge in [-0.3, -0.25) is 4.79 Å². The van der Waals surface area contributed by atoms with E-state index in [1.807, 2.05) is 6.92 Å². The van der Waals surface area contributed by atoms with Gasteiger partial charge in [-0.25, -0.2) is 0 Å². The quantitative estimate of drug-likeness (QED) is 0.693. The highest BCUT2D eigenvalue weighted by Gasteiger charge is 2.17. The molecule has 0 spiro atoms. The zero-order valence-electron chi connectivity index (χ0n) is 8.79. The van der Waals surface area contributed by atoms with Crippen LogP contribution in [0.25, 0.3) is 0 Å². The van der Waals surface area contributed by atoms with E-state index in [4.69, 9.17) is 10.5 Å². The Balaban J connectivity index is 2.30. The average Bonchev–Trinajstić information content (AvgIpc) is 2.45. The number of hydrogen-bond acceptors (Lipinski definition) is 3. The van der Waals surface area contributed by atoms with Gasteiger partial charge in [-0.15, -0.1) is 0 Å². The van der Waals surface area contributed by atoms with E-state index in [2.05, 4.69) is 5.32 Å². The van der Waals surface area contributed by atoms with Crippen molar-refractivity contribution >= 4 is 5.91 Å². The van der Waals surface area contributed by atoms with Crippen LogP contribution in [-0.4, -0.2) is 31.2 Å². The Hall–Kier alpha value is -0.610. The third-order valence-corrected chi connectivity index (χ3v) is 2.57. The summed E-state index contributed by atoms with van der Waals surface area (Å²) in [6.45, 7) is 3.47. The van der Waals surface area contributed by atoms with Crippen molar-refractivity contribution < 1.29 is 9.53 Å². The van der Waals surface area contributed by atoms with Gasteiger partial charge in [0.1, 0.15) is 0 Å². The Morgan fingerprint density at radius 2 is 2.36 bits per heavy atom. The minimum absolute atomic E-state index is 0.0283. The smallest absolute Gasteiger partial charge is 0.237 e. The van der Waals surface area contributed by atoms with E-state index < -0.39 is 0 Å². The van der Waals surface area contributed by atoms with Gasteiger partial charge in [0.15, 0.2) is 0 Å². The maximum absolute atomic E-state index is 11.5. The molecule has 2 unspecified atom stereocenters. The number of amides is 1. The number of carbonyl (C=O) groups is 1. The summed E-state index contributed by atoms with van der Waals surface area (Å²) in [5.74, 6) is -0.0283. The van der Waals surface area contributed by atoms with Crippen LogP contribution >= 0.6 is 0 Å². The first kappa shape index (κ1) is 11.5. The lowest BCUT2D eigenvalue weighted by atomic mass is 10.1. The van der Waals surface area contributed by atoms with Crippen LogP contribution in [-0.2, 0) is 9.53 Å². The molecule has 1 heterocycles. The predicted octanol–water partition coefficient (Wildman–Crippen LogP) is 0.409. The third-order valence-electron chi connectivity index (χ3n) is 2.57. The van der Waals surface area contributed by atoms with Gasteiger partial charge in [0.2, 0.25) is 5.91 Å². The number of rotatable bonds is 3. The number of ether oxygens (including phenoxy) is 1. The highest BCUT2D eigenvalue weighted by Crippen LogP contribution is 2.08. The van der Waals surface area contributed by atoms with E-state index in [0.29, 0.717) is 6.42 Å². The molecule has 0 aromatic heterocycles. The molecule has 0 radical (unpaired) electrons. The molecule has 0 aliphatic carbocycles. The molecule has 0 aromatic carbocycles. The molecule has 1 saturated heterocycles. The highest BCUT2D eigenvalue weighted by molar-refractivity contribution is 5.81. The molecule has 82 valence electrons. The molecule has 4 heteroatoms. The standard InChI is InChI=1S/C10H20N2O2/c1-2-9(11)10(13)12-8-4-3-6-14-7-5-8/h8-9H,2-7,11H2,1H3,(H,12,13). The van der Waals surface area contributed by atoms with Crippen LogP contribution in [0, 0.1) is 0 Å². The van der Waals surface area contributed by atoms with Crippen molar-refractivity contribution in [3.05, 3.63) is 0 Å². The van der Waals surface area contributed by atoms with Crippen molar-refractivity contribution in [3.63, 3.8) is 0 Å². The summed E-state index contributed by atoms with van der Waals surface area (Å²) in [5.41, 5.74) is 5.63. The van der Waals surface area contributed by atoms with Gasteiger partial charge in [-0.1, -0.05) is 6.92 Å². The molecule has 1 amide bonds. The van der Waals surface area contributed by atoms with Gasteiger partial charge in [0, 0.05) is 19.3 Å². The van der Waals surface area contributed by atoms with Crippen LogP contribution in [0.4, 0.5) is 0 Å². The van der Waals surface area contributed by atoms with Crippen LogP contribution in [0.1, 0.15) is 32.6 Å². The van der Waals surface area contributed by atoms with Crippen LogP contribution in [0.3, 0.4) is 0 Å². The van der Waals surface area contributed by atoms with Crippen molar-refractivity contribution in [3.8, 4) is 0 Å². The third kappa shape index (κ3) is 3.64. The lowest BCUT2D eigenvalue weighted by Gasteiger charge is -2.18. The zero-order chi connectivity index (χ0) is 10.4. The first-order valence-corrected chi connectivity index (χ1v) is 5.37. The molecule has 4 nitrogen and oxygen atoms in total. The second-order valence-corrected chi connectivity index (χ2v) is 3.76. The van der Waals surface area contributed by atoms with Gasteiger partial charge in [-0.05, 0) is 25.7 Å². The molecule has 2 atom stereocenters. The minimum Gasteiger partial charge on any atom is -0.381 e. The van der Waals surface area contributed by atoms with Crippen LogP contribution in [0.5, 0.6) is 0 Å². The number of nitrogens with one attached hydrogen (secondary N) is 1. The van der Waals surface area contributed by atoms with Crippen molar-refractivity contribution in [2.24, 2.45) is 5.73 Å². The second-order valence-electron chi connectivity index (χ2n) is 3.76. The SMILES string of the molecule is CCC(N)C(=O)NC1CCCOCC1. The van der Waals surface area contributed by atoms with E-state index in [1.54, 1.807) is 0 Å². The van der Waals surface area contributed by atoms with Gasteiger partial charge in [0.05, 0.1) is 6.04 Å². The molecule has 1 aliphatic heterocycles. The van der Waals surface area contributed by atoms with Gasteiger partial charge in [-0.2, -0.15) is 0 Å². The predicted molar refractivity (Wildman–Crippen MR) is 54.9 cm³/mol. The summed E-state index contributed by atoms with van der Waals surface area (Å²) in [6.07, 6.45) is 3.62. The first-order chi connectivity index (χ1) is 6.74. The van der Waals surface area contributed by atoms with E-state index in [-0.39, 0.29) is 18.0 Å². The van der Waals surface area contributed by atoms with E-state index >= 15 is 0 Å². The van der Waals surface area contributed by atoms with Crippen LogP contribution < -0.4 is 11.1 Å². The summed E-state index contributed by atoms with van der Waals surface area (Å²) in [6, 6.07) is -0.109. The maximum atomic E-state index is 11.5. The fraction of sp³-hybridized carbons (Fsp3) is 0.900. The number of nitrogens with two attached hydrogens (primary N) is 1. The monoisotopic (exact) mass is 200 g/mol. The van der Waals surface area contributed by atoms with E-state index in [1.165, 1.54) is 0 Å². The Morgan fingerprint density at radius 3 is 3.07 bits per heavy atom. The Kier molecular flexibility index (Phi) is 4.90. The minimum atomic E-state index is -0.362. The summed E-state index contributed by atoms with van der Waals surface area (Å²) in [4.78, 5) is 11.5. The molecule has 0 aromatic rings. The second kappa shape index (κ2) is 5.98. The topological polar surface area (TPSA) is 64.4 Å².